The number of nitrogens with two attached hydrogens (primary N) is 1. The van der Waals surface area contributed by atoms with Crippen LogP contribution in [0.25, 0.3) is 4.85 Å². The Morgan fingerprint density at radius 2 is 0.797 bits per heavy atom. The second-order valence-electron chi connectivity index (χ2n) is 44.3. The van der Waals surface area contributed by atoms with E-state index in [1.54, 1.807) is 149 Å². The lowest BCUT2D eigenvalue weighted by Gasteiger charge is -2.40. The fourth-order valence-corrected chi connectivity index (χ4v) is 18.3. The van der Waals surface area contributed by atoms with Crippen molar-refractivity contribution in [1.29, 1.82) is 42.1 Å². The van der Waals surface area contributed by atoms with Gasteiger partial charge in [0, 0.05) is 93.0 Å². The Labute approximate surface area is 907 Å². The van der Waals surface area contributed by atoms with Crippen molar-refractivity contribution < 1.29 is 131 Å². The lowest BCUT2D eigenvalue weighted by Crippen LogP contribution is -3.00. The molecule has 0 bridgehead atoms. The van der Waals surface area contributed by atoms with E-state index in [2.05, 4.69) is 43.0 Å². The molecule has 1 aromatic rings. The van der Waals surface area contributed by atoms with Gasteiger partial charge in [-0.25, -0.2) is 37.2 Å². The minimum Gasteiger partial charge on any atom is -1.00 e. The molecule has 2 fully saturated rings. The number of carboxylic acids is 3. The first-order chi connectivity index (χ1) is 67.1. The molecule has 0 spiro atoms. The third-order valence-corrected chi connectivity index (χ3v) is 27.8. The van der Waals surface area contributed by atoms with Crippen LogP contribution < -0.4 is 27.4 Å². The van der Waals surface area contributed by atoms with Crippen molar-refractivity contribution in [2.45, 2.75) is 383 Å². The Morgan fingerprint density at radius 1 is 0.466 bits per heavy atom. The van der Waals surface area contributed by atoms with Gasteiger partial charge in [0.1, 0.15) is 34.3 Å². The number of benzene rings is 1. The summed E-state index contributed by atoms with van der Waals surface area (Å²) in [4.78, 5) is 149. The maximum Gasteiger partial charge on any atom is 0.374 e. The predicted octanol–water partition coefficient (Wildman–Crippen LogP) is 16.6. The average molecular weight is 2240 g/mol. The Bertz CT molecular complexity index is 4870. The highest BCUT2D eigenvalue weighted by Gasteiger charge is 2.49. The molecule has 2 aliphatic rings. The van der Waals surface area contributed by atoms with E-state index < -0.39 is 123 Å². The van der Waals surface area contributed by atoms with Crippen LogP contribution in [0.4, 0.5) is 0 Å². The molecule has 0 aliphatic carbocycles. The molecule has 3 unspecified atom stereocenters. The van der Waals surface area contributed by atoms with Crippen molar-refractivity contribution in [2.24, 2.45) is 58.9 Å². The number of nitrogens with zero attached hydrogens (tertiary/aromatic N) is 10. The van der Waals surface area contributed by atoms with Crippen LogP contribution in [0.5, 0.6) is 0 Å². The van der Waals surface area contributed by atoms with Crippen LogP contribution in [0.1, 0.15) is 361 Å². The minimum absolute atomic E-state index is 0. The molecule has 0 saturated carbocycles. The summed E-state index contributed by atoms with van der Waals surface area (Å²) in [5, 5.41) is 94.3. The number of carbonyl (C=O) groups is 13. The Morgan fingerprint density at radius 3 is 1.11 bits per heavy atom. The number of aliphatic carboxylic acids is 3. The third kappa shape index (κ3) is 80.6. The molecule has 2 saturated heterocycles. The fourth-order valence-electron chi connectivity index (χ4n) is 12.5. The van der Waals surface area contributed by atoms with E-state index in [0.29, 0.717) is 78.4 Å². The SMILES string of the molecule is CC(C)(CC#N)CC(=O)C(=O)O.CC(C)(CC#N)CC(=O)O.CC(C)OC(=O)C(CC(C)(C)CC#N)(NS(=O)C(C)(C)C)c1ccc(Cl)cc1.CC(C)OC(=O)C(CC(C)(C)CC#N)=NS(=O)C(C)(C)C.CCOC(=O)CC(C)(C)CC#N.CCOC(=O)CC(C)(C)CC(=O)O.CCOC(=O)CC(C)(C)CC(N)=O.COC(=O)C(=O)CC(C)(C)CC#N.N#CC[S+]1CCCC1.[Br-].[C-]#[N+]C(C(=O)CC(C)(C)CC#N)=S1CCCC1. The first-order valence-corrected chi connectivity index (χ1v) is 54.0. The van der Waals surface area contributed by atoms with Crippen LogP contribution in [-0.4, -0.2) is 189 Å². The number of hydrogen-bond acceptors (Lipinski definition) is 29. The monoisotopic (exact) mass is 2240 g/mol. The predicted molar refractivity (Wildman–Crippen MR) is 572 cm³/mol. The Kier molecular flexibility index (Phi) is 78.7. The molecule has 6 N–H and O–H groups in total. The van der Waals surface area contributed by atoms with Gasteiger partial charge in [-0.1, -0.05) is 148 Å². The molecular formula is C106H168BrClN12O24S4. The molecule has 1 amide bonds. The summed E-state index contributed by atoms with van der Waals surface area (Å²) in [6, 6.07) is 23.3. The molecule has 0 aromatic heterocycles. The summed E-state index contributed by atoms with van der Waals surface area (Å²) >= 11 is 6.05. The number of ketones is 3. The first-order valence-electron chi connectivity index (χ1n) is 48.1. The summed E-state index contributed by atoms with van der Waals surface area (Å²) in [7, 11) is -1.52. The van der Waals surface area contributed by atoms with E-state index in [1.165, 1.54) is 24.3 Å². The van der Waals surface area contributed by atoms with Gasteiger partial charge in [-0.05, 0) is 200 Å². The van der Waals surface area contributed by atoms with Gasteiger partial charge in [0.05, 0.1) is 141 Å². The van der Waals surface area contributed by atoms with Gasteiger partial charge in [-0.2, -0.15) is 57.0 Å². The standard InChI is InChI=1S/C21H31ClN2O3S.C15H26N2O3S.C13H18N2OS.C9H13NO3.C9H17NO3.C9H15NO2.C9H16O4.C8H11NO3.C7H11NO2.C6H10NS.BrH/c1-15(2)27-18(25)21(14-20(6,7)12-13-23,24-28(26)19(3,4)5)16-8-10-17(22)11-9-16;1-11(2)20-13(18)12(10-15(6,7)8-9-16)17-21(19)14(3,4)5;1-13(2,6-7-14)10-11(16)12(15-3)17-8-4-5-9-17;1-9(2,4-5-10)6-7(11)8(12)13-3;1-4-13-8(12)6-9(2,3)5-7(10)11;1-4-12-8(11)7-9(2,3)5-6-10;1-4-13-8(12)6-9(2,3)5-7(10)11;1-8(2,3-4-9)5-6(10)7(11)12;1-7(2,3-4-8)5-6(9)10;7-3-6-8-4-1-2-5-8;/h8-11,15,24H,12,14H2,1-7H3;11H,8,10H2,1-7H3;4-6,8-10H2,1-2H3;4,6H2,1-3H3;4-6H2,1-3H3,(H2,10,11);4-5,7H2,1-3H3;4-6H2,1-3H3,(H,10,11);3,5H2,1-2H3,(H,11,12);3,5H2,1-2H3,(H,9,10);1-2,4-6H2;1H/q;;;;;;;;;+1;/p-1. The van der Waals surface area contributed by atoms with Crippen LogP contribution in [0.3, 0.4) is 0 Å². The summed E-state index contributed by atoms with van der Waals surface area (Å²) in [5.41, 5.74) is 0.546. The van der Waals surface area contributed by atoms with Crippen molar-refractivity contribution in [1.82, 2.24) is 4.72 Å². The highest BCUT2D eigenvalue weighted by molar-refractivity contribution is 8.17. The molecule has 3 atom stereocenters. The van der Waals surface area contributed by atoms with Crippen molar-refractivity contribution >= 4 is 143 Å². The molecule has 3 rings (SSSR count). The van der Waals surface area contributed by atoms with Gasteiger partial charge >= 0.3 is 53.7 Å². The lowest BCUT2D eigenvalue weighted by molar-refractivity contribution is -0.157. The van der Waals surface area contributed by atoms with Crippen molar-refractivity contribution in [3.8, 4) is 48.6 Å². The van der Waals surface area contributed by atoms with Crippen LogP contribution in [0.15, 0.2) is 28.7 Å². The number of nitriles is 8. The van der Waals surface area contributed by atoms with E-state index >= 15 is 0 Å². The molecule has 0 radical (unpaired) electrons. The largest absolute Gasteiger partial charge is 1.00 e. The summed E-state index contributed by atoms with van der Waals surface area (Å²) < 4.78 is 60.5. The third-order valence-electron chi connectivity index (χ3n) is 19.7. The molecular weight excluding hydrogens is 2070 g/mol. The number of ether oxygens (including phenoxy) is 6. The van der Waals surface area contributed by atoms with Crippen LogP contribution in [-0.2, 0) is 129 Å². The number of methoxy groups -OCH3 is 1. The van der Waals surface area contributed by atoms with Gasteiger partial charge < -0.3 is 71.3 Å². The van der Waals surface area contributed by atoms with Gasteiger partial charge in [0.25, 0.3) is 4.99 Å². The number of carboxylic acid groups (broad SMARTS) is 3. The number of halogens is 2. The highest BCUT2D eigenvalue weighted by atomic mass is 79.9. The van der Waals surface area contributed by atoms with E-state index in [4.69, 9.17) is 99.7 Å². The fraction of sp³-hybridized carbons (Fsp3) is 0.717. The highest BCUT2D eigenvalue weighted by Crippen LogP contribution is 2.41. The van der Waals surface area contributed by atoms with E-state index in [0.717, 1.165) is 37.2 Å². The molecule has 148 heavy (non-hydrogen) atoms. The minimum atomic E-state index is -1.55. The second-order valence-corrected chi connectivity index (χ2v) is 53.1. The van der Waals surface area contributed by atoms with E-state index in [1.807, 2.05) is 114 Å². The van der Waals surface area contributed by atoms with Gasteiger partial charge in [0.2, 0.25) is 17.5 Å². The number of primary amides is 1. The molecule has 2 heterocycles. The van der Waals surface area contributed by atoms with Gasteiger partial charge in [-0.15, -0.1) is 0 Å². The van der Waals surface area contributed by atoms with Crippen LogP contribution >= 0.6 is 22.1 Å². The van der Waals surface area contributed by atoms with Gasteiger partial charge in [-0.3, -0.25) is 38.4 Å². The summed E-state index contributed by atoms with van der Waals surface area (Å²) in [6.07, 6.45) is 8.07. The number of rotatable bonds is 44. The Hall–Kier alpha value is -10.4. The summed E-state index contributed by atoms with van der Waals surface area (Å²) in [5.74, 6) is -2.31. The number of nitrogens with one attached hydrogen (secondary N) is 1. The maximum atomic E-state index is 13.4. The number of carbonyl (C=O) groups excluding carboxylic acids is 10. The van der Waals surface area contributed by atoms with E-state index in [9.17, 15) is 76.0 Å². The maximum absolute atomic E-state index is 13.4. The van der Waals surface area contributed by atoms with Crippen LogP contribution in [0, 0.1) is 146 Å². The quantitative estimate of drug-likeness (QED) is 0.00770. The molecule has 36 nitrogen and oxygen atoms in total. The van der Waals surface area contributed by atoms with Gasteiger partial charge in [0.15, 0.2) is 17.1 Å². The van der Waals surface area contributed by atoms with Crippen molar-refractivity contribution in [3.05, 3.63) is 46.3 Å². The Balaban J connectivity index is -0.000000250. The van der Waals surface area contributed by atoms with E-state index in [-0.39, 0.29) is 169 Å². The molecule has 42 heteroatoms. The average Bonchev–Trinajstić information content (AvgIpc) is 0.788. The zero-order valence-electron chi connectivity index (χ0n) is 93.5. The number of Topliss-reactive ketones (excluding diaryl/α,β-unsaturated/α-hetero) is 3. The normalized spacial score (nSPS) is 13.3. The zero-order chi connectivity index (χ0) is 116. The molecule has 2 aliphatic heterocycles. The zero-order valence-corrected chi connectivity index (χ0v) is 99.1. The number of amides is 1. The topological polar surface area (TPSA) is 617 Å². The molecule has 1 aromatic carbocycles. The first kappa shape index (κ1) is 153. The van der Waals surface area contributed by atoms with Crippen molar-refractivity contribution in [2.75, 3.05) is 55.7 Å². The number of hydrogen-bond donors (Lipinski definition) is 5. The lowest BCUT2D eigenvalue weighted by atomic mass is 9.74. The number of esters is 6. The smallest absolute Gasteiger partial charge is 0.374 e. The second kappa shape index (κ2) is 76.2. The van der Waals surface area contributed by atoms with Crippen LogP contribution in [0.2, 0.25) is 5.02 Å². The summed E-state index contributed by atoms with van der Waals surface area (Å²) in [6.45, 7) is 64.1. The van der Waals surface area contributed by atoms with Crippen molar-refractivity contribution in [3.63, 3.8) is 0 Å². The molecule has 834 valence electrons.